The molecule has 3 aromatic carbocycles. The molecule has 0 radical (unpaired) electrons. The first kappa shape index (κ1) is 19.7. The van der Waals surface area contributed by atoms with Gasteiger partial charge in [0.05, 0.1) is 5.69 Å². The largest absolute Gasteiger partial charge is 1.00 e. The molecular weight excluding hydrogens is 370 g/mol. The van der Waals surface area contributed by atoms with Crippen LogP contribution in [-0.4, -0.2) is 18.1 Å². The number of anilines is 1. The summed E-state index contributed by atoms with van der Waals surface area (Å²) in [6.45, 7) is 5.95. The quantitative estimate of drug-likeness (QED) is 0.322. The summed E-state index contributed by atoms with van der Waals surface area (Å²) in [5.41, 5.74) is 14.2. The van der Waals surface area contributed by atoms with Crippen molar-refractivity contribution in [1.29, 1.82) is 5.53 Å². The maximum atomic E-state index is 7.93. The van der Waals surface area contributed by atoms with Gasteiger partial charge >= 0.3 is 0 Å². The maximum Gasteiger partial charge on any atom is 0.267 e. The molecule has 1 aromatic heterocycles. The van der Waals surface area contributed by atoms with E-state index >= 15 is 0 Å². The minimum Gasteiger partial charge on any atom is -1.00 e. The molecule has 4 aromatic rings. The number of aromatic nitrogens is 2. The van der Waals surface area contributed by atoms with E-state index in [4.69, 9.17) is 10.5 Å². The van der Waals surface area contributed by atoms with Gasteiger partial charge < -0.3 is 17.3 Å². The van der Waals surface area contributed by atoms with Crippen molar-refractivity contribution < 1.29 is 17.0 Å². The predicted octanol–water partition coefficient (Wildman–Crippen LogP) is 2.18. The standard InChI is InChI=1S/C22H22N5.ClH/c1-3-26(4-2)20-15-14-18-22(21(20)25-23)27(16-10-6-5-7-11-16)19-13-9-8-12-17(19)24-18;/h5-15,23H,3-4H2,1-2H3;1H/q+1;/p-1. The SMILES string of the molecule is CCN(CC)c1ccc2nc3ccccc3[n+](-c3ccccc3)c2c1N=N.[Cl-]. The molecule has 0 aliphatic heterocycles. The van der Waals surface area contributed by atoms with Gasteiger partial charge in [-0.1, -0.05) is 30.3 Å². The Morgan fingerprint density at radius 2 is 1.57 bits per heavy atom. The lowest BCUT2D eigenvalue weighted by Crippen LogP contribution is -3.00. The third-order valence-corrected chi connectivity index (χ3v) is 4.93. The molecule has 0 unspecified atom stereocenters. The molecule has 6 heteroatoms. The number of para-hydroxylation sites is 3. The molecule has 0 aliphatic rings. The lowest BCUT2D eigenvalue weighted by atomic mass is 10.1. The fourth-order valence-electron chi connectivity index (χ4n) is 3.64. The summed E-state index contributed by atoms with van der Waals surface area (Å²) >= 11 is 0. The van der Waals surface area contributed by atoms with E-state index in [1.54, 1.807) is 0 Å². The Bertz CT molecular complexity index is 1120. The summed E-state index contributed by atoms with van der Waals surface area (Å²) in [4.78, 5) is 7.06. The minimum atomic E-state index is 0. The molecule has 28 heavy (non-hydrogen) atoms. The Morgan fingerprint density at radius 1 is 0.893 bits per heavy atom. The van der Waals surface area contributed by atoms with Crippen LogP contribution in [-0.2, 0) is 0 Å². The molecule has 1 heterocycles. The maximum absolute atomic E-state index is 7.93. The number of fused-ring (bicyclic) bond motifs is 2. The summed E-state index contributed by atoms with van der Waals surface area (Å²) in [6.07, 6.45) is 0. The summed E-state index contributed by atoms with van der Waals surface area (Å²) in [5.74, 6) is 0. The van der Waals surface area contributed by atoms with E-state index in [0.29, 0.717) is 5.69 Å². The molecule has 4 rings (SSSR count). The Kier molecular flexibility index (Phi) is 5.85. The topological polar surface area (TPSA) is 56.2 Å². The zero-order chi connectivity index (χ0) is 18.8. The Balaban J connectivity index is 0.00000225. The second-order valence-electron chi connectivity index (χ2n) is 6.36. The van der Waals surface area contributed by atoms with E-state index in [0.717, 1.165) is 46.5 Å². The van der Waals surface area contributed by atoms with Gasteiger partial charge in [-0.25, -0.2) is 10.5 Å². The van der Waals surface area contributed by atoms with Gasteiger partial charge in [-0.3, -0.25) is 0 Å². The van der Waals surface area contributed by atoms with Crippen molar-refractivity contribution >= 4 is 33.4 Å². The van der Waals surface area contributed by atoms with Gasteiger partial charge in [-0.2, -0.15) is 0 Å². The first-order chi connectivity index (χ1) is 13.3. The fraction of sp³-hybridized carbons (Fsp3) is 0.182. The average molecular weight is 392 g/mol. The molecule has 0 fully saturated rings. The lowest BCUT2D eigenvalue weighted by molar-refractivity contribution is -0.537. The van der Waals surface area contributed by atoms with Crippen LogP contribution in [0.1, 0.15) is 13.8 Å². The van der Waals surface area contributed by atoms with Crippen molar-refractivity contribution in [3.05, 3.63) is 66.7 Å². The van der Waals surface area contributed by atoms with Crippen LogP contribution in [0.5, 0.6) is 0 Å². The van der Waals surface area contributed by atoms with Gasteiger partial charge in [0, 0.05) is 31.3 Å². The van der Waals surface area contributed by atoms with Gasteiger partial charge in [0.15, 0.2) is 5.69 Å². The summed E-state index contributed by atoms with van der Waals surface area (Å²) in [5, 5.41) is 3.96. The van der Waals surface area contributed by atoms with Gasteiger partial charge in [-0.15, -0.1) is 9.68 Å². The molecule has 1 N–H and O–H groups in total. The summed E-state index contributed by atoms with van der Waals surface area (Å²) in [7, 11) is 0. The van der Waals surface area contributed by atoms with Crippen LogP contribution in [0.25, 0.3) is 27.8 Å². The third kappa shape index (κ3) is 3.18. The summed E-state index contributed by atoms with van der Waals surface area (Å²) < 4.78 is 2.16. The Hall–Kier alpha value is -3.05. The monoisotopic (exact) mass is 391 g/mol. The average Bonchev–Trinajstić information content (AvgIpc) is 2.73. The normalized spacial score (nSPS) is 10.6. The highest BCUT2D eigenvalue weighted by Gasteiger charge is 2.25. The molecule has 0 aliphatic carbocycles. The van der Waals surface area contributed by atoms with Gasteiger partial charge in [0.2, 0.25) is 11.2 Å². The third-order valence-electron chi connectivity index (χ3n) is 4.93. The Morgan fingerprint density at radius 3 is 2.25 bits per heavy atom. The van der Waals surface area contributed by atoms with Crippen molar-refractivity contribution in [2.45, 2.75) is 13.8 Å². The van der Waals surface area contributed by atoms with Gasteiger partial charge in [-0.05, 0) is 32.0 Å². The Labute approximate surface area is 170 Å². The van der Waals surface area contributed by atoms with Crippen LogP contribution in [0.2, 0.25) is 0 Å². The van der Waals surface area contributed by atoms with E-state index in [1.165, 1.54) is 0 Å². The number of nitrogens with one attached hydrogen (secondary N) is 1. The molecule has 0 atom stereocenters. The smallest absolute Gasteiger partial charge is 0.267 e. The number of hydrogen-bond donors (Lipinski definition) is 1. The number of rotatable bonds is 5. The molecule has 0 bridgehead atoms. The first-order valence-electron chi connectivity index (χ1n) is 9.23. The van der Waals surface area contributed by atoms with E-state index in [1.807, 2.05) is 48.5 Å². The van der Waals surface area contributed by atoms with Crippen LogP contribution in [0, 0.1) is 5.53 Å². The molecule has 0 spiro atoms. The van der Waals surface area contributed by atoms with Gasteiger partial charge in [0.1, 0.15) is 11.0 Å². The number of nitrogens with zero attached hydrogens (tertiary/aromatic N) is 4. The van der Waals surface area contributed by atoms with E-state index < -0.39 is 0 Å². The van der Waals surface area contributed by atoms with E-state index in [-0.39, 0.29) is 12.4 Å². The van der Waals surface area contributed by atoms with Crippen molar-refractivity contribution in [2.24, 2.45) is 5.11 Å². The second-order valence-corrected chi connectivity index (χ2v) is 6.36. The highest BCUT2D eigenvalue weighted by Crippen LogP contribution is 2.35. The molecule has 0 saturated heterocycles. The molecule has 0 saturated carbocycles. The van der Waals surface area contributed by atoms with Crippen LogP contribution in [0.15, 0.2) is 71.8 Å². The zero-order valence-corrected chi connectivity index (χ0v) is 16.7. The van der Waals surface area contributed by atoms with Crippen molar-refractivity contribution in [3.8, 4) is 5.69 Å². The highest BCUT2D eigenvalue weighted by molar-refractivity contribution is 5.94. The van der Waals surface area contributed by atoms with Crippen molar-refractivity contribution in [1.82, 2.24) is 4.98 Å². The first-order valence-corrected chi connectivity index (χ1v) is 9.23. The number of halogens is 1. The second kappa shape index (κ2) is 8.31. The molecule has 0 amide bonds. The van der Waals surface area contributed by atoms with Crippen LogP contribution < -0.4 is 21.9 Å². The minimum absolute atomic E-state index is 0. The van der Waals surface area contributed by atoms with E-state index in [2.05, 4.69) is 46.6 Å². The van der Waals surface area contributed by atoms with Crippen LogP contribution in [0.4, 0.5) is 11.4 Å². The number of hydrogen-bond acceptors (Lipinski definition) is 4. The zero-order valence-electron chi connectivity index (χ0n) is 15.9. The molecule has 142 valence electrons. The van der Waals surface area contributed by atoms with Crippen molar-refractivity contribution in [2.75, 3.05) is 18.0 Å². The van der Waals surface area contributed by atoms with Crippen LogP contribution >= 0.6 is 0 Å². The highest BCUT2D eigenvalue weighted by atomic mass is 35.5. The summed E-state index contributed by atoms with van der Waals surface area (Å²) in [6, 6.07) is 22.3. The van der Waals surface area contributed by atoms with Gasteiger partial charge in [0.25, 0.3) is 5.52 Å². The van der Waals surface area contributed by atoms with E-state index in [9.17, 15) is 0 Å². The van der Waals surface area contributed by atoms with Crippen molar-refractivity contribution in [3.63, 3.8) is 0 Å². The lowest BCUT2D eigenvalue weighted by Gasteiger charge is -2.22. The predicted molar refractivity (Wildman–Crippen MR) is 109 cm³/mol. The van der Waals surface area contributed by atoms with Crippen LogP contribution in [0.3, 0.4) is 0 Å². The number of benzene rings is 3. The molecule has 5 nitrogen and oxygen atoms in total. The fourth-order valence-corrected chi connectivity index (χ4v) is 3.64. The molecular formula is C22H22ClN5.